The Bertz CT molecular complexity index is 1110. The normalized spacial score (nSPS) is 12.2. The number of hydrogen-bond donors (Lipinski definition) is 1. The summed E-state index contributed by atoms with van der Waals surface area (Å²) >= 11 is 18.2. The lowest BCUT2D eigenvalue weighted by Gasteiger charge is -2.31. The Morgan fingerprint density at radius 1 is 1.03 bits per heavy atom. The van der Waals surface area contributed by atoms with E-state index in [9.17, 15) is 18.0 Å². The molecule has 0 fully saturated rings. The zero-order chi connectivity index (χ0) is 24.2. The monoisotopic (exact) mass is 519 g/mol. The van der Waals surface area contributed by atoms with Gasteiger partial charge in [0.15, 0.2) is 0 Å². The van der Waals surface area contributed by atoms with Crippen molar-refractivity contribution in [3.05, 3.63) is 62.6 Å². The van der Waals surface area contributed by atoms with E-state index in [-0.39, 0.29) is 33.2 Å². The Balaban J connectivity index is 2.44. The molecular formula is C21H24Cl3N3O4S. The maximum Gasteiger partial charge on any atom is 0.244 e. The van der Waals surface area contributed by atoms with Gasteiger partial charge in [0.2, 0.25) is 21.8 Å². The number of nitrogens with one attached hydrogen (secondary N) is 1. The van der Waals surface area contributed by atoms with Gasteiger partial charge in [0.1, 0.15) is 12.6 Å². The molecule has 32 heavy (non-hydrogen) atoms. The number of halogens is 3. The third-order valence-electron chi connectivity index (χ3n) is 4.82. The van der Waals surface area contributed by atoms with Gasteiger partial charge in [-0.05, 0) is 31.5 Å². The highest BCUT2D eigenvalue weighted by Crippen LogP contribution is 2.35. The van der Waals surface area contributed by atoms with Crippen LogP contribution in [-0.4, -0.2) is 51.0 Å². The molecule has 2 aromatic carbocycles. The third-order valence-corrected chi connectivity index (χ3v) is 6.98. The molecule has 11 heteroatoms. The molecule has 0 heterocycles. The Kier molecular flexibility index (Phi) is 8.82. The molecule has 174 valence electrons. The van der Waals surface area contributed by atoms with Crippen molar-refractivity contribution in [2.45, 2.75) is 26.4 Å². The lowest BCUT2D eigenvalue weighted by molar-refractivity contribution is -0.139. The molecule has 2 rings (SSSR count). The number of hydrogen-bond acceptors (Lipinski definition) is 4. The van der Waals surface area contributed by atoms with Crippen LogP contribution in [-0.2, 0) is 26.2 Å². The van der Waals surface area contributed by atoms with Crippen LogP contribution >= 0.6 is 34.8 Å². The molecule has 0 radical (unpaired) electrons. The average Bonchev–Trinajstić information content (AvgIpc) is 2.72. The van der Waals surface area contributed by atoms with Crippen molar-refractivity contribution in [3.63, 3.8) is 0 Å². The molecule has 1 N–H and O–H groups in total. The van der Waals surface area contributed by atoms with Gasteiger partial charge in [-0.1, -0.05) is 64.6 Å². The first-order valence-electron chi connectivity index (χ1n) is 9.54. The van der Waals surface area contributed by atoms with Crippen LogP contribution in [0.1, 0.15) is 18.1 Å². The Labute approximate surface area is 203 Å². The minimum Gasteiger partial charge on any atom is -0.357 e. The Hall–Kier alpha value is -2.00. The van der Waals surface area contributed by atoms with Crippen LogP contribution in [0.4, 0.5) is 5.69 Å². The molecular weight excluding hydrogens is 497 g/mol. The topological polar surface area (TPSA) is 86.8 Å². The zero-order valence-electron chi connectivity index (χ0n) is 18.0. The fourth-order valence-electron chi connectivity index (χ4n) is 2.98. The summed E-state index contributed by atoms with van der Waals surface area (Å²) in [6, 6.07) is 9.21. The molecule has 2 aromatic rings. The third kappa shape index (κ3) is 6.51. The van der Waals surface area contributed by atoms with E-state index in [0.717, 1.165) is 21.7 Å². The van der Waals surface area contributed by atoms with Gasteiger partial charge in [0.25, 0.3) is 0 Å². The standard InChI is InChI=1S/C21H24Cl3N3O4S/c1-13-5-7-15(8-6-13)11-26(14(2)21(29)25-3)20(28)12-27(32(4,30)31)19-10-17(23)16(22)9-18(19)24/h5-10,14H,11-12H2,1-4H3,(H,25,29). The lowest BCUT2D eigenvalue weighted by atomic mass is 10.1. The molecule has 1 atom stereocenters. The zero-order valence-corrected chi connectivity index (χ0v) is 21.1. The van der Waals surface area contributed by atoms with E-state index >= 15 is 0 Å². The fourth-order valence-corrected chi connectivity index (χ4v) is 4.53. The number of amides is 2. The summed E-state index contributed by atoms with van der Waals surface area (Å²) in [4.78, 5) is 26.9. The Morgan fingerprint density at radius 2 is 1.59 bits per heavy atom. The molecule has 0 aliphatic carbocycles. The van der Waals surface area contributed by atoms with Crippen molar-refractivity contribution in [3.8, 4) is 0 Å². The van der Waals surface area contributed by atoms with E-state index in [1.54, 1.807) is 6.92 Å². The lowest BCUT2D eigenvalue weighted by Crippen LogP contribution is -2.50. The molecule has 0 bridgehead atoms. The molecule has 0 spiro atoms. The maximum absolute atomic E-state index is 13.3. The molecule has 0 saturated carbocycles. The molecule has 2 amide bonds. The van der Waals surface area contributed by atoms with E-state index in [4.69, 9.17) is 34.8 Å². The number of nitrogens with zero attached hydrogens (tertiary/aromatic N) is 2. The van der Waals surface area contributed by atoms with Crippen LogP contribution < -0.4 is 9.62 Å². The minimum absolute atomic E-state index is 0.0137. The van der Waals surface area contributed by atoms with Crippen LogP contribution in [0, 0.1) is 6.92 Å². The van der Waals surface area contributed by atoms with Gasteiger partial charge >= 0.3 is 0 Å². The summed E-state index contributed by atoms with van der Waals surface area (Å²) in [5, 5.41) is 2.76. The summed E-state index contributed by atoms with van der Waals surface area (Å²) in [5.41, 5.74) is 1.85. The quantitative estimate of drug-likeness (QED) is 0.535. The molecule has 1 unspecified atom stereocenters. The molecule has 7 nitrogen and oxygen atoms in total. The van der Waals surface area contributed by atoms with E-state index in [1.807, 2.05) is 31.2 Å². The highest BCUT2D eigenvalue weighted by molar-refractivity contribution is 7.92. The average molecular weight is 521 g/mol. The summed E-state index contributed by atoms with van der Waals surface area (Å²) in [5.74, 6) is -0.974. The van der Waals surface area contributed by atoms with Crippen molar-refractivity contribution in [1.29, 1.82) is 0 Å². The van der Waals surface area contributed by atoms with Gasteiger partial charge in [-0.25, -0.2) is 8.42 Å². The molecule has 0 aliphatic heterocycles. The second-order valence-corrected chi connectivity index (χ2v) is 10.4. The van der Waals surface area contributed by atoms with Gasteiger partial charge in [0, 0.05) is 13.6 Å². The van der Waals surface area contributed by atoms with E-state index < -0.39 is 28.5 Å². The summed E-state index contributed by atoms with van der Waals surface area (Å²) in [6.07, 6.45) is 0.950. The SMILES string of the molecule is CNC(=O)C(C)N(Cc1ccc(C)cc1)C(=O)CN(c1cc(Cl)c(Cl)cc1Cl)S(C)(=O)=O. The first kappa shape index (κ1) is 26.3. The second-order valence-electron chi connectivity index (χ2n) is 7.28. The van der Waals surface area contributed by atoms with Gasteiger partial charge in [-0.15, -0.1) is 0 Å². The number of anilines is 1. The number of sulfonamides is 1. The highest BCUT2D eigenvalue weighted by Gasteiger charge is 2.30. The van der Waals surface area contributed by atoms with E-state index in [0.29, 0.717) is 0 Å². The van der Waals surface area contributed by atoms with Gasteiger partial charge < -0.3 is 10.2 Å². The van der Waals surface area contributed by atoms with Gasteiger partial charge in [-0.3, -0.25) is 13.9 Å². The second kappa shape index (κ2) is 10.7. The van der Waals surface area contributed by atoms with E-state index in [2.05, 4.69) is 5.32 Å². The number of rotatable bonds is 8. The van der Waals surface area contributed by atoms with Crippen molar-refractivity contribution in [2.24, 2.45) is 0 Å². The summed E-state index contributed by atoms with van der Waals surface area (Å²) < 4.78 is 25.9. The fraction of sp³-hybridized carbons (Fsp3) is 0.333. The van der Waals surface area contributed by atoms with Crippen molar-refractivity contribution < 1.29 is 18.0 Å². The molecule has 0 aromatic heterocycles. The van der Waals surface area contributed by atoms with Crippen LogP contribution in [0.5, 0.6) is 0 Å². The first-order chi connectivity index (χ1) is 14.8. The Morgan fingerprint density at radius 3 is 2.12 bits per heavy atom. The van der Waals surface area contributed by atoms with Crippen LogP contribution in [0.3, 0.4) is 0 Å². The van der Waals surface area contributed by atoms with Crippen molar-refractivity contribution in [1.82, 2.24) is 10.2 Å². The predicted molar refractivity (Wildman–Crippen MR) is 129 cm³/mol. The number of carbonyl (C=O) groups is 2. The number of carbonyl (C=O) groups excluding carboxylic acids is 2. The largest absolute Gasteiger partial charge is 0.357 e. The van der Waals surface area contributed by atoms with Crippen LogP contribution in [0.25, 0.3) is 0 Å². The number of benzene rings is 2. The van der Waals surface area contributed by atoms with Crippen molar-refractivity contribution >= 4 is 62.3 Å². The smallest absolute Gasteiger partial charge is 0.244 e. The number of likely N-dealkylation sites (N-methyl/N-ethyl adjacent to an activating group) is 1. The highest BCUT2D eigenvalue weighted by atomic mass is 35.5. The molecule has 0 saturated heterocycles. The summed E-state index contributed by atoms with van der Waals surface area (Å²) in [7, 11) is -2.47. The summed E-state index contributed by atoms with van der Waals surface area (Å²) in [6.45, 7) is 3.04. The van der Waals surface area contributed by atoms with E-state index in [1.165, 1.54) is 24.1 Å². The molecule has 0 aliphatic rings. The number of aryl methyl sites for hydroxylation is 1. The first-order valence-corrected chi connectivity index (χ1v) is 12.5. The van der Waals surface area contributed by atoms with Crippen molar-refractivity contribution in [2.75, 3.05) is 24.2 Å². The van der Waals surface area contributed by atoms with Gasteiger partial charge in [-0.2, -0.15) is 0 Å². The van der Waals surface area contributed by atoms with Crippen LogP contribution in [0.15, 0.2) is 36.4 Å². The predicted octanol–water partition coefficient (Wildman–Crippen LogP) is 3.88. The maximum atomic E-state index is 13.3. The minimum atomic E-state index is -3.93. The van der Waals surface area contributed by atoms with Crippen LogP contribution in [0.2, 0.25) is 15.1 Å². The van der Waals surface area contributed by atoms with Gasteiger partial charge in [0.05, 0.1) is 27.0 Å².